The summed E-state index contributed by atoms with van der Waals surface area (Å²) in [6, 6.07) is 0.329. The van der Waals surface area contributed by atoms with E-state index in [0.29, 0.717) is 12.5 Å². The normalized spacial score (nSPS) is 13.1. The van der Waals surface area contributed by atoms with Gasteiger partial charge in [0.1, 0.15) is 6.29 Å². The van der Waals surface area contributed by atoms with Crippen LogP contribution >= 0.6 is 0 Å². The van der Waals surface area contributed by atoms with Gasteiger partial charge in [0.2, 0.25) is 0 Å². The van der Waals surface area contributed by atoms with Crippen molar-refractivity contribution in [1.82, 2.24) is 4.90 Å². The lowest BCUT2D eigenvalue weighted by Crippen LogP contribution is -2.27. The second-order valence-corrected chi connectivity index (χ2v) is 2.54. The Kier molecular flexibility index (Phi) is 4.85. The molecule has 0 N–H and O–H groups in total. The number of carbonyl (C=O) groups excluding carboxylic acids is 1. The zero-order chi connectivity index (χ0) is 7.98. The van der Waals surface area contributed by atoms with Crippen LogP contribution in [0, 0.1) is 0 Å². The smallest absolute Gasteiger partial charge is 0.121 e. The van der Waals surface area contributed by atoms with Crippen LogP contribution in [0.2, 0.25) is 0 Å². The minimum atomic E-state index is 0.329. The Balaban J connectivity index is 3.70. The van der Waals surface area contributed by atoms with Crippen molar-refractivity contribution < 1.29 is 4.79 Å². The number of aldehydes is 1. The van der Waals surface area contributed by atoms with E-state index >= 15 is 0 Å². The van der Waals surface area contributed by atoms with Crippen molar-refractivity contribution in [3.63, 3.8) is 0 Å². The second-order valence-electron chi connectivity index (χ2n) is 2.54. The molecule has 0 radical (unpaired) electrons. The van der Waals surface area contributed by atoms with Crippen LogP contribution in [0.5, 0.6) is 0 Å². The summed E-state index contributed by atoms with van der Waals surface area (Å²) < 4.78 is 0. The van der Waals surface area contributed by atoms with Crippen molar-refractivity contribution in [2.24, 2.45) is 0 Å². The first-order valence-corrected chi connectivity index (χ1v) is 3.43. The lowest BCUT2D eigenvalue weighted by molar-refractivity contribution is -0.108. The van der Waals surface area contributed by atoms with Gasteiger partial charge in [0.15, 0.2) is 0 Å². The van der Waals surface area contributed by atoms with E-state index in [1.165, 1.54) is 0 Å². The zero-order valence-corrected chi connectivity index (χ0v) is 6.71. The molecule has 0 amide bonds. The number of hydrogen-bond donors (Lipinski definition) is 0. The van der Waals surface area contributed by atoms with Gasteiger partial charge >= 0.3 is 0 Å². The Hall–Kier alpha value is -0.630. The van der Waals surface area contributed by atoms with Gasteiger partial charge in [-0.2, -0.15) is 0 Å². The van der Waals surface area contributed by atoms with Crippen LogP contribution in [0.25, 0.3) is 0 Å². The highest BCUT2D eigenvalue weighted by atomic mass is 16.1. The van der Waals surface area contributed by atoms with E-state index < -0.39 is 0 Å². The first kappa shape index (κ1) is 9.37. The van der Waals surface area contributed by atoms with Gasteiger partial charge in [-0.3, -0.25) is 0 Å². The van der Waals surface area contributed by atoms with E-state index in [9.17, 15) is 4.79 Å². The van der Waals surface area contributed by atoms with Gasteiger partial charge in [-0.15, -0.1) is 6.58 Å². The molecule has 0 aromatic heterocycles. The monoisotopic (exact) mass is 141 g/mol. The van der Waals surface area contributed by atoms with Crippen molar-refractivity contribution in [2.75, 3.05) is 14.1 Å². The molecule has 0 spiro atoms. The van der Waals surface area contributed by atoms with Crippen LogP contribution in [0.1, 0.15) is 12.8 Å². The standard InChI is InChI=1S/C8H15NO/c1-4-5-8(6-7-10)9(2)3/h4,7-8H,1,5-6H2,2-3H3. The largest absolute Gasteiger partial charge is 0.306 e. The zero-order valence-electron chi connectivity index (χ0n) is 6.71. The Morgan fingerprint density at radius 2 is 2.10 bits per heavy atom. The van der Waals surface area contributed by atoms with E-state index in [1.807, 2.05) is 25.1 Å². The van der Waals surface area contributed by atoms with E-state index in [2.05, 4.69) is 6.58 Å². The quantitative estimate of drug-likeness (QED) is 0.422. The molecule has 0 aromatic rings. The number of rotatable bonds is 5. The average Bonchev–Trinajstić information content (AvgIpc) is 1.87. The number of carbonyl (C=O) groups is 1. The molecule has 0 aliphatic carbocycles. The minimum Gasteiger partial charge on any atom is -0.306 e. The molecule has 58 valence electrons. The summed E-state index contributed by atoms with van der Waals surface area (Å²) in [5.74, 6) is 0. The van der Waals surface area contributed by atoms with Crippen LogP contribution in [0.4, 0.5) is 0 Å². The first-order valence-electron chi connectivity index (χ1n) is 3.43. The van der Waals surface area contributed by atoms with Crippen LogP contribution in [0.15, 0.2) is 12.7 Å². The average molecular weight is 141 g/mol. The fourth-order valence-corrected chi connectivity index (χ4v) is 0.821. The molecule has 0 aliphatic rings. The molecule has 2 heteroatoms. The molecule has 2 nitrogen and oxygen atoms in total. The predicted octanol–water partition coefficient (Wildman–Crippen LogP) is 1.08. The summed E-state index contributed by atoms with van der Waals surface area (Å²) in [5, 5.41) is 0. The number of nitrogens with zero attached hydrogens (tertiary/aromatic N) is 1. The molecule has 0 rings (SSSR count). The molecule has 1 unspecified atom stereocenters. The van der Waals surface area contributed by atoms with Crippen LogP contribution in [-0.4, -0.2) is 31.3 Å². The molecule has 0 aliphatic heterocycles. The topological polar surface area (TPSA) is 20.3 Å². The Bertz CT molecular complexity index is 99.8. The van der Waals surface area contributed by atoms with Gasteiger partial charge in [0, 0.05) is 12.5 Å². The van der Waals surface area contributed by atoms with E-state index in [0.717, 1.165) is 12.7 Å². The minimum absolute atomic E-state index is 0.329. The lowest BCUT2D eigenvalue weighted by atomic mass is 10.1. The molecule has 0 saturated heterocycles. The molecular formula is C8H15NO. The van der Waals surface area contributed by atoms with E-state index in [1.54, 1.807) is 0 Å². The van der Waals surface area contributed by atoms with Gasteiger partial charge in [0.25, 0.3) is 0 Å². The summed E-state index contributed by atoms with van der Waals surface area (Å²) in [6.07, 6.45) is 4.27. The van der Waals surface area contributed by atoms with Crippen LogP contribution in [-0.2, 0) is 4.79 Å². The SMILES string of the molecule is C=CCC(CC=O)N(C)C. The molecule has 0 fully saturated rings. The summed E-state index contributed by atoms with van der Waals surface area (Å²) in [4.78, 5) is 12.2. The summed E-state index contributed by atoms with van der Waals surface area (Å²) >= 11 is 0. The molecular weight excluding hydrogens is 126 g/mol. The van der Waals surface area contributed by atoms with Crippen molar-refractivity contribution in [1.29, 1.82) is 0 Å². The first-order chi connectivity index (χ1) is 4.72. The van der Waals surface area contributed by atoms with Gasteiger partial charge in [-0.05, 0) is 20.5 Å². The third kappa shape index (κ3) is 3.41. The lowest BCUT2D eigenvalue weighted by Gasteiger charge is -2.19. The molecule has 0 bridgehead atoms. The highest BCUT2D eigenvalue weighted by molar-refractivity contribution is 5.50. The van der Waals surface area contributed by atoms with Crippen molar-refractivity contribution in [3.05, 3.63) is 12.7 Å². The molecule has 0 heterocycles. The highest BCUT2D eigenvalue weighted by Crippen LogP contribution is 2.02. The second kappa shape index (κ2) is 5.18. The third-order valence-corrected chi connectivity index (χ3v) is 1.54. The van der Waals surface area contributed by atoms with Gasteiger partial charge in [-0.25, -0.2) is 0 Å². The van der Waals surface area contributed by atoms with Crippen molar-refractivity contribution in [2.45, 2.75) is 18.9 Å². The third-order valence-electron chi connectivity index (χ3n) is 1.54. The van der Waals surface area contributed by atoms with Crippen molar-refractivity contribution >= 4 is 6.29 Å². The van der Waals surface area contributed by atoms with Gasteiger partial charge in [-0.1, -0.05) is 6.08 Å². The van der Waals surface area contributed by atoms with Crippen LogP contribution < -0.4 is 0 Å². The summed E-state index contributed by atoms with van der Waals surface area (Å²) in [5.41, 5.74) is 0. The number of hydrogen-bond acceptors (Lipinski definition) is 2. The highest BCUT2D eigenvalue weighted by Gasteiger charge is 2.06. The molecule has 1 atom stereocenters. The molecule has 0 saturated carbocycles. The maximum absolute atomic E-state index is 10.1. The maximum Gasteiger partial charge on any atom is 0.121 e. The summed E-state index contributed by atoms with van der Waals surface area (Å²) in [7, 11) is 3.94. The Labute approximate surface area is 62.5 Å². The van der Waals surface area contributed by atoms with E-state index in [-0.39, 0.29) is 0 Å². The summed E-state index contributed by atoms with van der Waals surface area (Å²) in [6.45, 7) is 3.62. The predicted molar refractivity (Wildman–Crippen MR) is 43.0 cm³/mol. The Morgan fingerprint density at radius 1 is 1.50 bits per heavy atom. The maximum atomic E-state index is 10.1. The fourth-order valence-electron chi connectivity index (χ4n) is 0.821. The van der Waals surface area contributed by atoms with E-state index in [4.69, 9.17) is 0 Å². The van der Waals surface area contributed by atoms with Crippen molar-refractivity contribution in [3.8, 4) is 0 Å². The molecule has 0 aromatic carbocycles. The van der Waals surface area contributed by atoms with Crippen LogP contribution in [0.3, 0.4) is 0 Å². The Morgan fingerprint density at radius 3 is 2.40 bits per heavy atom. The van der Waals surface area contributed by atoms with Gasteiger partial charge < -0.3 is 9.69 Å². The fraction of sp³-hybridized carbons (Fsp3) is 0.625. The van der Waals surface area contributed by atoms with Gasteiger partial charge in [0.05, 0.1) is 0 Å². The molecule has 10 heavy (non-hydrogen) atoms.